The molecule has 2 aromatic heterocycles. The number of carbonyl (C=O) groups excluding carboxylic acids is 2. The van der Waals surface area contributed by atoms with Crippen LogP contribution in [0.4, 0.5) is 0 Å². The summed E-state index contributed by atoms with van der Waals surface area (Å²) < 4.78 is 1.84. The van der Waals surface area contributed by atoms with Crippen molar-refractivity contribution in [3.05, 3.63) is 94.8 Å². The maximum absolute atomic E-state index is 12.7. The molecule has 7 heteroatoms. The minimum absolute atomic E-state index is 0.0397. The van der Waals surface area contributed by atoms with Gasteiger partial charge in [0.1, 0.15) is 0 Å². The summed E-state index contributed by atoms with van der Waals surface area (Å²) in [5, 5.41) is 11.2. The lowest BCUT2D eigenvalue weighted by atomic mass is 10.1. The van der Waals surface area contributed by atoms with Gasteiger partial charge in [-0.1, -0.05) is 48.5 Å². The maximum Gasteiger partial charge on any atom is 0.252 e. The monoisotopic (exact) mass is 444 g/mol. The molecule has 0 spiro atoms. The lowest BCUT2D eigenvalue weighted by molar-refractivity contribution is -0.130. The summed E-state index contributed by atoms with van der Waals surface area (Å²) in [7, 11) is 1.78. The van der Waals surface area contributed by atoms with Crippen LogP contribution in [0, 0.1) is 0 Å². The van der Waals surface area contributed by atoms with E-state index in [9.17, 15) is 9.59 Å². The summed E-state index contributed by atoms with van der Waals surface area (Å²) >= 11 is 1.47. The van der Waals surface area contributed by atoms with Crippen LogP contribution in [-0.2, 0) is 11.3 Å². The van der Waals surface area contributed by atoms with Gasteiger partial charge in [-0.3, -0.25) is 9.59 Å². The molecule has 2 heterocycles. The lowest BCUT2D eigenvalue weighted by Crippen LogP contribution is -2.31. The topological polar surface area (TPSA) is 67.2 Å². The predicted molar refractivity (Wildman–Crippen MR) is 127 cm³/mol. The van der Waals surface area contributed by atoms with Crippen LogP contribution in [0.2, 0.25) is 0 Å². The molecule has 0 atom stereocenters. The van der Waals surface area contributed by atoms with E-state index in [1.807, 2.05) is 76.9 Å². The van der Waals surface area contributed by atoms with Crippen LogP contribution in [0.3, 0.4) is 0 Å². The summed E-state index contributed by atoms with van der Waals surface area (Å²) in [6, 6.07) is 21.6. The smallest absolute Gasteiger partial charge is 0.252 e. The van der Waals surface area contributed by atoms with Crippen LogP contribution in [0.25, 0.3) is 16.9 Å². The molecule has 6 nitrogen and oxygen atoms in total. The Morgan fingerprint density at radius 1 is 1.03 bits per heavy atom. The van der Waals surface area contributed by atoms with Gasteiger partial charge in [-0.25, -0.2) is 4.68 Å². The standard InChI is InChI=1S/C25H24N4O2S/c1-28(23(30)12-14-26-25(31)20-13-15-32-18-20)16-21-17-29(22-10-6-3-7-11-22)27-24(21)19-8-4-2-5-9-19/h2-11,13,15,17-18H,12,14,16H2,1H3,(H,26,31). The van der Waals surface area contributed by atoms with E-state index in [0.717, 1.165) is 22.5 Å². The Morgan fingerprint density at radius 3 is 2.44 bits per heavy atom. The highest BCUT2D eigenvalue weighted by Crippen LogP contribution is 2.24. The first-order valence-electron chi connectivity index (χ1n) is 10.4. The Balaban J connectivity index is 1.45. The van der Waals surface area contributed by atoms with Crippen molar-refractivity contribution < 1.29 is 9.59 Å². The molecule has 32 heavy (non-hydrogen) atoms. The molecule has 162 valence electrons. The first kappa shape index (κ1) is 21.5. The molecule has 4 aromatic rings. The molecular formula is C25H24N4O2S. The molecule has 0 aliphatic carbocycles. The molecule has 0 aliphatic rings. The summed E-state index contributed by atoms with van der Waals surface area (Å²) in [4.78, 5) is 26.4. The fourth-order valence-electron chi connectivity index (χ4n) is 3.39. The summed E-state index contributed by atoms with van der Waals surface area (Å²) in [6.07, 6.45) is 2.21. The van der Waals surface area contributed by atoms with Gasteiger partial charge in [-0.2, -0.15) is 16.4 Å². The number of carbonyl (C=O) groups is 2. The summed E-state index contributed by atoms with van der Waals surface area (Å²) in [5.74, 6) is -0.195. The zero-order valence-corrected chi connectivity index (χ0v) is 18.6. The van der Waals surface area contributed by atoms with Crippen molar-refractivity contribution in [2.24, 2.45) is 0 Å². The number of rotatable bonds is 8. The molecule has 0 radical (unpaired) electrons. The Morgan fingerprint density at radius 2 is 1.75 bits per heavy atom. The fraction of sp³-hybridized carbons (Fsp3) is 0.160. The average molecular weight is 445 g/mol. The highest BCUT2D eigenvalue weighted by molar-refractivity contribution is 7.08. The normalized spacial score (nSPS) is 10.7. The van der Waals surface area contributed by atoms with Gasteiger partial charge in [0.2, 0.25) is 5.91 Å². The number of amides is 2. The van der Waals surface area contributed by atoms with Crippen molar-refractivity contribution in [1.29, 1.82) is 0 Å². The van der Waals surface area contributed by atoms with E-state index in [4.69, 9.17) is 5.10 Å². The van der Waals surface area contributed by atoms with Crippen molar-refractivity contribution >= 4 is 23.2 Å². The van der Waals surface area contributed by atoms with E-state index < -0.39 is 0 Å². The molecule has 0 saturated carbocycles. The number of thiophene rings is 1. The number of hydrogen-bond donors (Lipinski definition) is 1. The molecule has 2 amide bonds. The van der Waals surface area contributed by atoms with E-state index >= 15 is 0 Å². The van der Waals surface area contributed by atoms with Crippen molar-refractivity contribution in [2.75, 3.05) is 13.6 Å². The predicted octanol–water partition coefficient (Wildman–Crippen LogP) is 4.38. The minimum atomic E-state index is -0.155. The third-order valence-corrected chi connectivity index (χ3v) is 5.78. The van der Waals surface area contributed by atoms with E-state index in [-0.39, 0.29) is 18.2 Å². The van der Waals surface area contributed by atoms with E-state index in [1.54, 1.807) is 23.4 Å². The number of aromatic nitrogens is 2. The maximum atomic E-state index is 12.7. The number of para-hydroxylation sites is 1. The lowest BCUT2D eigenvalue weighted by Gasteiger charge is -2.17. The van der Waals surface area contributed by atoms with Crippen molar-refractivity contribution in [1.82, 2.24) is 20.0 Å². The second kappa shape index (κ2) is 10.1. The van der Waals surface area contributed by atoms with Crippen LogP contribution in [-0.4, -0.2) is 40.1 Å². The highest BCUT2D eigenvalue weighted by atomic mass is 32.1. The highest BCUT2D eigenvalue weighted by Gasteiger charge is 2.17. The Kier molecular flexibility index (Phi) is 6.77. The van der Waals surface area contributed by atoms with Gasteiger partial charge in [0.05, 0.1) is 11.4 Å². The largest absolute Gasteiger partial charge is 0.351 e. The molecule has 0 aliphatic heterocycles. The SMILES string of the molecule is CN(Cc1cn(-c2ccccc2)nc1-c1ccccc1)C(=O)CCNC(=O)c1ccsc1. The third-order valence-electron chi connectivity index (χ3n) is 5.10. The summed E-state index contributed by atoms with van der Waals surface area (Å²) in [6.45, 7) is 0.723. The number of benzene rings is 2. The molecule has 0 unspecified atom stereocenters. The Labute approximate surface area is 191 Å². The van der Waals surface area contributed by atoms with Crippen LogP contribution >= 0.6 is 11.3 Å². The second-order valence-electron chi connectivity index (χ2n) is 7.42. The van der Waals surface area contributed by atoms with Gasteiger partial charge in [0, 0.05) is 54.8 Å². The number of nitrogens with zero attached hydrogens (tertiary/aromatic N) is 3. The van der Waals surface area contributed by atoms with Crippen molar-refractivity contribution in [3.63, 3.8) is 0 Å². The number of nitrogens with one attached hydrogen (secondary N) is 1. The van der Waals surface area contributed by atoms with Crippen LogP contribution in [0.15, 0.2) is 83.7 Å². The van der Waals surface area contributed by atoms with Gasteiger partial charge >= 0.3 is 0 Å². The minimum Gasteiger partial charge on any atom is -0.351 e. The summed E-state index contributed by atoms with van der Waals surface area (Å²) in [5.41, 5.74) is 4.39. The number of hydrogen-bond acceptors (Lipinski definition) is 4. The quantitative estimate of drug-likeness (QED) is 0.439. The third kappa shape index (κ3) is 5.12. The van der Waals surface area contributed by atoms with E-state index in [1.165, 1.54) is 11.3 Å². The zero-order chi connectivity index (χ0) is 22.3. The molecule has 0 saturated heterocycles. The Bertz CT molecular complexity index is 1170. The van der Waals surface area contributed by atoms with Crippen molar-refractivity contribution in [3.8, 4) is 16.9 Å². The van der Waals surface area contributed by atoms with Gasteiger partial charge < -0.3 is 10.2 Å². The van der Waals surface area contributed by atoms with E-state index in [0.29, 0.717) is 18.7 Å². The van der Waals surface area contributed by atoms with E-state index in [2.05, 4.69) is 5.32 Å². The van der Waals surface area contributed by atoms with Crippen LogP contribution in [0.5, 0.6) is 0 Å². The van der Waals surface area contributed by atoms with Crippen molar-refractivity contribution in [2.45, 2.75) is 13.0 Å². The molecule has 0 bridgehead atoms. The van der Waals surface area contributed by atoms with Gasteiger partial charge in [-0.15, -0.1) is 0 Å². The first-order valence-corrected chi connectivity index (χ1v) is 11.3. The van der Waals surface area contributed by atoms with Gasteiger partial charge in [0.25, 0.3) is 5.91 Å². The van der Waals surface area contributed by atoms with Crippen LogP contribution in [0.1, 0.15) is 22.3 Å². The molecule has 0 fully saturated rings. The average Bonchev–Trinajstić information content (AvgIpc) is 3.51. The second-order valence-corrected chi connectivity index (χ2v) is 8.20. The molecule has 4 rings (SSSR count). The Hall–Kier alpha value is -3.71. The molecular weight excluding hydrogens is 420 g/mol. The van der Waals surface area contributed by atoms with Crippen LogP contribution < -0.4 is 5.32 Å². The van der Waals surface area contributed by atoms with Gasteiger partial charge in [0.15, 0.2) is 0 Å². The first-order chi connectivity index (χ1) is 15.6. The fourth-order valence-corrected chi connectivity index (χ4v) is 4.03. The molecule has 2 aromatic carbocycles. The van der Waals surface area contributed by atoms with Gasteiger partial charge in [-0.05, 0) is 23.6 Å². The molecule has 1 N–H and O–H groups in total. The zero-order valence-electron chi connectivity index (χ0n) is 17.8.